The van der Waals surface area contributed by atoms with Crippen molar-refractivity contribution in [2.45, 2.75) is 26.7 Å². The lowest BCUT2D eigenvalue weighted by molar-refractivity contribution is 0.350. The number of nitrogens with one attached hydrogen (secondary N) is 1. The minimum atomic E-state index is 0.214. The molecule has 102 valence electrons. The summed E-state index contributed by atoms with van der Waals surface area (Å²) in [5, 5.41) is 4.51. The highest BCUT2D eigenvalue weighted by atomic mass is 15.0. The summed E-state index contributed by atoms with van der Waals surface area (Å²) in [5.41, 5.74) is 6.76. The Morgan fingerprint density at radius 1 is 1.21 bits per heavy atom. The van der Waals surface area contributed by atoms with E-state index in [0.717, 1.165) is 42.7 Å². The van der Waals surface area contributed by atoms with Crippen molar-refractivity contribution in [1.29, 1.82) is 0 Å². The van der Waals surface area contributed by atoms with Crippen LogP contribution in [0.25, 0.3) is 10.9 Å². The molecule has 2 aromatic rings. The Morgan fingerprint density at radius 2 is 2.00 bits per heavy atom. The minimum absolute atomic E-state index is 0.214. The van der Waals surface area contributed by atoms with E-state index in [-0.39, 0.29) is 5.41 Å². The average molecular weight is 258 g/mol. The second-order valence-corrected chi connectivity index (χ2v) is 5.65. The van der Waals surface area contributed by atoms with Crippen LogP contribution in [0.2, 0.25) is 0 Å². The second-order valence-electron chi connectivity index (χ2n) is 5.65. The number of benzene rings is 1. The third kappa shape index (κ3) is 3.64. The fraction of sp³-hybridized carbons (Fsp3) is 0.467. The van der Waals surface area contributed by atoms with Crippen LogP contribution in [0.15, 0.2) is 30.6 Å². The van der Waals surface area contributed by atoms with Gasteiger partial charge in [-0.2, -0.15) is 0 Å². The first-order chi connectivity index (χ1) is 9.12. The smallest absolute Gasteiger partial charge is 0.137 e. The van der Waals surface area contributed by atoms with Crippen molar-refractivity contribution in [3.8, 4) is 0 Å². The monoisotopic (exact) mass is 258 g/mol. The largest absolute Gasteiger partial charge is 0.369 e. The molecule has 1 aromatic heterocycles. The first kappa shape index (κ1) is 13.7. The highest BCUT2D eigenvalue weighted by Crippen LogP contribution is 2.24. The number of para-hydroxylation sites is 1. The van der Waals surface area contributed by atoms with Gasteiger partial charge in [0.2, 0.25) is 0 Å². The van der Waals surface area contributed by atoms with Crippen molar-refractivity contribution < 1.29 is 0 Å². The molecule has 0 aliphatic carbocycles. The summed E-state index contributed by atoms with van der Waals surface area (Å²) in [6.07, 6.45) is 3.77. The summed E-state index contributed by atoms with van der Waals surface area (Å²) < 4.78 is 0. The molecule has 1 heterocycles. The Bertz CT molecular complexity index is 531. The van der Waals surface area contributed by atoms with E-state index in [1.165, 1.54) is 0 Å². The number of fused-ring (bicyclic) bond motifs is 1. The van der Waals surface area contributed by atoms with Gasteiger partial charge >= 0.3 is 0 Å². The van der Waals surface area contributed by atoms with Crippen molar-refractivity contribution >= 4 is 16.7 Å². The van der Waals surface area contributed by atoms with E-state index in [2.05, 4.69) is 29.1 Å². The van der Waals surface area contributed by atoms with E-state index in [1.807, 2.05) is 24.3 Å². The number of hydrogen-bond donors (Lipinski definition) is 2. The third-order valence-corrected chi connectivity index (χ3v) is 3.33. The molecule has 0 saturated heterocycles. The predicted octanol–water partition coefficient (Wildman–Crippen LogP) is 2.81. The highest BCUT2D eigenvalue weighted by molar-refractivity contribution is 5.88. The first-order valence-corrected chi connectivity index (χ1v) is 6.76. The predicted molar refractivity (Wildman–Crippen MR) is 80.1 cm³/mol. The van der Waals surface area contributed by atoms with Crippen molar-refractivity contribution in [2.75, 3.05) is 18.4 Å². The van der Waals surface area contributed by atoms with Crippen LogP contribution in [0.5, 0.6) is 0 Å². The molecule has 0 radical (unpaired) electrons. The van der Waals surface area contributed by atoms with Gasteiger partial charge in [-0.1, -0.05) is 26.0 Å². The maximum atomic E-state index is 5.58. The van der Waals surface area contributed by atoms with Gasteiger partial charge in [-0.05, 0) is 36.9 Å². The van der Waals surface area contributed by atoms with Gasteiger partial charge in [-0.25, -0.2) is 9.97 Å². The van der Waals surface area contributed by atoms with E-state index in [0.29, 0.717) is 0 Å². The summed E-state index contributed by atoms with van der Waals surface area (Å²) in [6, 6.07) is 8.05. The Balaban J connectivity index is 2.09. The normalized spacial score (nSPS) is 11.7. The maximum Gasteiger partial charge on any atom is 0.137 e. The number of aromatic nitrogens is 2. The van der Waals surface area contributed by atoms with Crippen LogP contribution in [-0.4, -0.2) is 23.1 Å². The molecular formula is C15H22N4. The molecule has 2 rings (SSSR count). The van der Waals surface area contributed by atoms with Gasteiger partial charge in [0.05, 0.1) is 5.52 Å². The third-order valence-electron chi connectivity index (χ3n) is 3.33. The van der Waals surface area contributed by atoms with Gasteiger partial charge in [0.25, 0.3) is 0 Å². The van der Waals surface area contributed by atoms with Crippen LogP contribution >= 0.6 is 0 Å². The van der Waals surface area contributed by atoms with Gasteiger partial charge in [0.15, 0.2) is 0 Å². The summed E-state index contributed by atoms with van der Waals surface area (Å²) in [6.45, 7) is 6.13. The standard InChI is InChI=1S/C15H22N4/c1-15(2,8-5-9-16)10-17-14-12-6-3-4-7-13(12)18-11-19-14/h3-4,6-7,11H,5,8-10,16H2,1-2H3,(H,17,18,19). The van der Waals surface area contributed by atoms with E-state index in [1.54, 1.807) is 6.33 Å². The molecule has 0 amide bonds. The van der Waals surface area contributed by atoms with Crippen LogP contribution in [0.3, 0.4) is 0 Å². The molecule has 0 unspecified atom stereocenters. The van der Waals surface area contributed by atoms with Gasteiger partial charge in [0.1, 0.15) is 12.1 Å². The summed E-state index contributed by atoms with van der Waals surface area (Å²) in [5.74, 6) is 0.909. The average Bonchev–Trinajstić information content (AvgIpc) is 2.43. The Labute approximate surface area is 114 Å². The second kappa shape index (κ2) is 5.97. The molecule has 3 N–H and O–H groups in total. The Morgan fingerprint density at radius 3 is 2.79 bits per heavy atom. The van der Waals surface area contributed by atoms with Crippen LogP contribution in [-0.2, 0) is 0 Å². The van der Waals surface area contributed by atoms with Gasteiger partial charge in [-0.15, -0.1) is 0 Å². The highest BCUT2D eigenvalue weighted by Gasteiger charge is 2.17. The molecule has 0 saturated carbocycles. The van der Waals surface area contributed by atoms with Crippen LogP contribution < -0.4 is 11.1 Å². The fourth-order valence-electron chi connectivity index (χ4n) is 2.14. The maximum absolute atomic E-state index is 5.58. The molecule has 0 aliphatic heterocycles. The fourth-order valence-corrected chi connectivity index (χ4v) is 2.14. The molecule has 4 nitrogen and oxygen atoms in total. The van der Waals surface area contributed by atoms with Gasteiger partial charge in [0, 0.05) is 11.9 Å². The number of hydrogen-bond acceptors (Lipinski definition) is 4. The number of anilines is 1. The van der Waals surface area contributed by atoms with Crippen LogP contribution in [0.1, 0.15) is 26.7 Å². The van der Waals surface area contributed by atoms with Crippen LogP contribution in [0.4, 0.5) is 5.82 Å². The number of nitrogens with two attached hydrogens (primary N) is 1. The zero-order chi connectivity index (χ0) is 13.7. The van der Waals surface area contributed by atoms with Crippen LogP contribution in [0, 0.1) is 5.41 Å². The SMILES string of the molecule is CC(C)(CCCN)CNc1ncnc2ccccc12. The number of nitrogens with zero attached hydrogens (tertiary/aromatic N) is 2. The topological polar surface area (TPSA) is 63.8 Å². The molecule has 0 fully saturated rings. The summed E-state index contributed by atoms with van der Waals surface area (Å²) in [7, 11) is 0. The van der Waals surface area contributed by atoms with Gasteiger partial charge in [-0.3, -0.25) is 0 Å². The molecule has 0 bridgehead atoms. The zero-order valence-electron chi connectivity index (χ0n) is 11.7. The summed E-state index contributed by atoms with van der Waals surface area (Å²) >= 11 is 0. The lowest BCUT2D eigenvalue weighted by Crippen LogP contribution is -2.24. The lowest BCUT2D eigenvalue weighted by atomic mass is 9.88. The van der Waals surface area contributed by atoms with E-state index >= 15 is 0 Å². The van der Waals surface area contributed by atoms with Crippen molar-refractivity contribution in [1.82, 2.24) is 9.97 Å². The number of rotatable bonds is 6. The zero-order valence-corrected chi connectivity index (χ0v) is 11.7. The minimum Gasteiger partial charge on any atom is -0.369 e. The summed E-state index contributed by atoms with van der Waals surface area (Å²) in [4.78, 5) is 8.61. The van der Waals surface area contributed by atoms with E-state index in [9.17, 15) is 0 Å². The molecule has 0 spiro atoms. The molecule has 19 heavy (non-hydrogen) atoms. The van der Waals surface area contributed by atoms with E-state index < -0.39 is 0 Å². The lowest BCUT2D eigenvalue weighted by Gasteiger charge is -2.25. The van der Waals surface area contributed by atoms with Crippen molar-refractivity contribution in [3.63, 3.8) is 0 Å². The quantitative estimate of drug-likeness (QED) is 0.836. The molecule has 0 aliphatic rings. The molecule has 1 aromatic carbocycles. The van der Waals surface area contributed by atoms with E-state index in [4.69, 9.17) is 5.73 Å². The molecule has 0 atom stereocenters. The van der Waals surface area contributed by atoms with Gasteiger partial charge < -0.3 is 11.1 Å². The van der Waals surface area contributed by atoms with Crippen molar-refractivity contribution in [2.24, 2.45) is 11.1 Å². The Hall–Kier alpha value is -1.68. The molecular weight excluding hydrogens is 236 g/mol. The Kier molecular flexibility index (Phi) is 4.32. The molecule has 4 heteroatoms. The first-order valence-electron chi connectivity index (χ1n) is 6.76. The van der Waals surface area contributed by atoms with Crippen molar-refractivity contribution in [3.05, 3.63) is 30.6 Å².